The van der Waals surface area contributed by atoms with Gasteiger partial charge in [0.1, 0.15) is 0 Å². The lowest BCUT2D eigenvalue weighted by molar-refractivity contribution is -0.137. The number of urea groups is 1. The fraction of sp³-hybridized carbons (Fsp3) is 0.636. The zero-order valence-electron chi connectivity index (χ0n) is 17.0. The number of benzene rings is 1. The van der Waals surface area contributed by atoms with E-state index in [0.29, 0.717) is 32.6 Å². The van der Waals surface area contributed by atoms with Crippen LogP contribution in [0.1, 0.15) is 55.6 Å². The highest BCUT2D eigenvalue weighted by atomic mass is 19.4. The molecule has 164 valence electrons. The van der Waals surface area contributed by atoms with Gasteiger partial charge in [-0.25, -0.2) is 4.79 Å². The summed E-state index contributed by atoms with van der Waals surface area (Å²) in [6, 6.07) is 5.35. The summed E-state index contributed by atoms with van der Waals surface area (Å²) >= 11 is 0. The van der Waals surface area contributed by atoms with Gasteiger partial charge < -0.3 is 15.1 Å². The SMILES string of the molecule is O=C(NC1CCCCC1)N1CCN(C(=O)C2CC2c2ccc(C(F)(F)F)cc2)CC1. The molecule has 0 aromatic heterocycles. The molecule has 1 heterocycles. The lowest BCUT2D eigenvalue weighted by Crippen LogP contribution is -2.55. The lowest BCUT2D eigenvalue weighted by atomic mass is 9.96. The molecule has 30 heavy (non-hydrogen) atoms. The Morgan fingerprint density at radius 3 is 2.10 bits per heavy atom. The van der Waals surface area contributed by atoms with Crippen LogP contribution < -0.4 is 5.32 Å². The largest absolute Gasteiger partial charge is 0.416 e. The molecule has 5 nitrogen and oxygen atoms in total. The monoisotopic (exact) mass is 423 g/mol. The maximum absolute atomic E-state index is 12.8. The van der Waals surface area contributed by atoms with E-state index in [9.17, 15) is 22.8 Å². The minimum absolute atomic E-state index is 0.00702. The number of alkyl halides is 3. The van der Waals surface area contributed by atoms with Crippen LogP contribution in [0.5, 0.6) is 0 Å². The molecular weight excluding hydrogens is 395 g/mol. The smallest absolute Gasteiger partial charge is 0.339 e. The third kappa shape index (κ3) is 4.73. The highest BCUT2D eigenvalue weighted by molar-refractivity contribution is 5.83. The van der Waals surface area contributed by atoms with Gasteiger partial charge in [0.2, 0.25) is 5.91 Å². The van der Waals surface area contributed by atoms with Gasteiger partial charge in [-0.1, -0.05) is 31.4 Å². The molecule has 1 N–H and O–H groups in total. The molecule has 4 rings (SSSR count). The van der Waals surface area contributed by atoms with E-state index >= 15 is 0 Å². The molecule has 3 amide bonds. The second kappa shape index (κ2) is 8.47. The first-order valence-electron chi connectivity index (χ1n) is 10.8. The number of hydrogen-bond donors (Lipinski definition) is 1. The van der Waals surface area contributed by atoms with Crippen LogP contribution in [0.2, 0.25) is 0 Å². The van der Waals surface area contributed by atoms with Crippen molar-refractivity contribution < 1.29 is 22.8 Å². The summed E-state index contributed by atoms with van der Waals surface area (Å²) in [4.78, 5) is 28.8. The molecule has 2 saturated carbocycles. The number of nitrogens with zero attached hydrogens (tertiary/aromatic N) is 2. The number of rotatable bonds is 3. The van der Waals surface area contributed by atoms with Crippen LogP contribution in [-0.4, -0.2) is 54.0 Å². The van der Waals surface area contributed by atoms with Crippen LogP contribution in [0.4, 0.5) is 18.0 Å². The Morgan fingerprint density at radius 2 is 1.50 bits per heavy atom. The van der Waals surface area contributed by atoms with Crippen LogP contribution in [0, 0.1) is 5.92 Å². The summed E-state index contributed by atoms with van der Waals surface area (Å²) < 4.78 is 38.1. The quantitative estimate of drug-likeness (QED) is 0.799. The third-order valence-corrected chi connectivity index (χ3v) is 6.59. The Bertz CT molecular complexity index is 767. The molecule has 2 atom stereocenters. The molecule has 3 aliphatic rings. The molecule has 2 aliphatic carbocycles. The first kappa shape index (κ1) is 21.0. The maximum atomic E-state index is 12.8. The van der Waals surface area contributed by atoms with Crippen molar-refractivity contribution in [2.24, 2.45) is 5.92 Å². The van der Waals surface area contributed by atoms with Crippen LogP contribution in [-0.2, 0) is 11.0 Å². The summed E-state index contributed by atoms with van der Waals surface area (Å²) in [5.41, 5.74) is 0.115. The van der Waals surface area contributed by atoms with E-state index in [2.05, 4.69) is 5.32 Å². The van der Waals surface area contributed by atoms with Gasteiger partial charge in [0.25, 0.3) is 0 Å². The van der Waals surface area contributed by atoms with E-state index in [1.165, 1.54) is 18.6 Å². The minimum Gasteiger partial charge on any atom is -0.339 e. The number of halogens is 3. The Hall–Kier alpha value is -2.25. The molecule has 0 spiro atoms. The number of piperazine rings is 1. The van der Waals surface area contributed by atoms with E-state index in [1.54, 1.807) is 9.80 Å². The minimum atomic E-state index is -4.35. The zero-order chi connectivity index (χ0) is 21.3. The predicted octanol–water partition coefficient (Wildman–Crippen LogP) is 4.00. The number of amides is 3. The van der Waals surface area contributed by atoms with Gasteiger partial charge in [-0.15, -0.1) is 0 Å². The number of nitrogens with one attached hydrogen (secondary N) is 1. The molecule has 2 unspecified atom stereocenters. The van der Waals surface area contributed by atoms with Gasteiger partial charge in [-0.3, -0.25) is 4.79 Å². The standard InChI is InChI=1S/C22H28F3N3O2/c23-22(24,25)16-8-6-15(7-9-16)18-14-19(18)20(29)27-10-12-28(13-11-27)21(30)26-17-4-2-1-3-5-17/h6-9,17-19H,1-5,10-14H2,(H,26,30). The van der Waals surface area contributed by atoms with Gasteiger partial charge in [-0.2, -0.15) is 13.2 Å². The van der Waals surface area contributed by atoms with Crippen molar-refractivity contribution >= 4 is 11.9 Å². The van der Waals surface area contributed by atoms with Crippen molar-refractivity contribution in [2.45, 2.75) is 56.7 Å². The molecule has 0 bridgehead atoms. The molecule has 1 aromatic rings. The van der Waals surface area contributed by atoms with Gasteiger partial charge in [0.05, 0.1) is 5.56 Å². The summed E-state index contributed by atoms with van der Waals surface area (Å²) in [7, 11) is 0. The van der Waals surface area contributed by atoms with Gasteiger partial charge in [0.15, 0.2) is 0 Å². The first-order valence-corrected chi connectivity index (χ1v) is 10.8. The fourth-order valence-electron chi connectivity index (χ4n) is 4.63. The van der Waals surface area contributed by atoms with Crippen LogP contribution in [0.3, 0.4) is 0 Å². The number of hydrogen-bond acceptors (Lipinski definition) is 2. The molecular formula is C22H28F3N3O2. The highest BCUT2D eigenvalue weighted by Crippen LogP contribution is 2.49. The van der Waals surface area contributed by atoms with E-state index < -0.39 is 11.7 Å². The molecule has 3 fully saturated rings. The van der Waals surface area contributed by atoms with Crippen molar-refractivity contribution in [1.29, 1.82) is 0 Å². The lowest BCUT2D eigenvalue weighted by Gasteiger charge is -2.36. The zero-order valence-corrected chi connectivity index (χ0v) is 17.0. The molecule has 0 radical (unpaired) electrons. The van der Waals surface area contributed by atoms with E-state index in [4.69, 9.17) is 0 Å². The van der Waals surface area contributed by atoms with Crippen molar-refractivity contribution in [3.63, 3.8) is 0 Å². The Labute approximate surface area is 174 Å². The van der Waals surface area contributed by atoms with Crippen LogP contribution >= 0.6 is 0 Å². The predicted molar refractivity (Wildman–Crippen MR) is 106 cm³/mol. The summed E-state index contributed by atoms with van der Waals surface area (Å²) in [5.74, 6) is -0.121. The summed E-state index contributed by atoms with van der Waals surface area (Å²) in [6.07, 6.45) is 1.96. The molecule has 1 saturated heterocycles. The van der Waals surface area contributed by atoms with E-state index in [1.807, 2.05) is 0 Å². The van der Waals surface area contributed by atoms with E-state index in [-0.39, 0.29) is 29.8 Å². The normalized spacial score (nSPS) is 25.2. The van der Waals surface area contributed by atoms with Gasteiger partial charge in [0, 0.05) is 38.1 Å². The second-order valence-corrected chi connectivity index (χ2v) is 8.67. The second-order valence-electron chi connectivity index (χ2n) is 8.67. The topological polar surface area (TPSA) is 52.7 Å². The Kier molecular flexibility index (Phi) is 5.93. The molecule has 8 heteroatoms. The van der Waals surface area contributed by atoms with Crippen LogP contribution in [0.25, 0.3) is 0 Å². The summed E-state index contributed by atoms with van der Waals surface area (Å²) in [5, 5.41) is 3.11. The van der Waals surface area contributed by atoms with Gasteiger partial charge in [-0.05, 0) is 42.9 Å². The van der Waals surface area contributed by atoms with Crippen molar-refractivity contribution in [2.75, 3.05) is 26.2 Å². The van der Waals surface area contributed by atoms with Crippen molar-refractivity contribution in [3.8, 4) is 0 Å². The Balaban J connectivity index is 1.24. The average molecular weight is 423 g/mol. The first-order chi connectivity index (χ1) is 14.3. The molecule has 1 aromatic carbocycles. The van der Waals surface area contributed by atoms with E-state index in [0.717, 1.165) is 43.4 Å². The molecule has 1 aliphatic heterocycles. The van der Waals surface area contributed by atoms with Crippen LogP contribution in [0.15, 0.2) is 24.3 Å². The maximum Gasteiger partial charge on any atom is 0.416 e. The third-order valence-electron chi connectivity index (χ3n) is 6.59. The van der Waals surface area contributed by atoms with Crippen molar-refractivity contribution in [1.82, 2.24) is 15.1 Å². The Morgan fingerprint density at radius 1 is 0.900 bits per heavy atom. The summed E-state index contributed by atoms with van der Waals surface area (Å²) in [6.45, 7) is 2.05. The average Bonchev–Trinajstić information content (AvgIpc) is 3.54. The van der Waals surface area contributed by atoms with Gasteiger partial charge >= 0.3 is 12.2 Å². The number of carbonyl (C=O) groups excluding carboxylic acids is 2. The fourth-order valence-corrected chi connectivity index (χ4v) is 4.63. The van der Waals surface area contributed by atoms with Crippen molar-refractivity contribution in [3.05, 3.63) is 35.4 Å². The number of carbonyl (C=O) groups is 2. The highest BCUT2D eigenvalue weighted by Gasteiger charge is 2.46.